The van der Waals surface area contributed by atoms with E-state index in [4.69, 9.17) is 56.9 Å². The van der Waals surface area contributed by atoms with Crippen molar-refractivity contribution in [2.75, 3.05) is 149 Å². The number of anilines is 6. The third-order valence-corrected chi connectivity index (χ3v) is 21.4. The van der Waals surface area contributed by atoms with Crippen LogP contribution in [0.1, 0.15) is 106 Å². The number of phosphoric acid groups is 2. The lowest BCUT2D eigenvalue weighted by molar-refractivity contribution is -0.138. The second kappa shape index (κ2) is 44.3. The van der Waals surface area contributed by atoms with Crippen LogP contribution in [0.4, 0.5) is 74.0 Å². The van der Waals surface area contributed by atoms with Crippen LogP contribution in [0, 0.1) is 20.8 Å². The highest BCUT2D eigenvalue weighted by Crippen LogP contribution is 2.55. The SMILES string of the molecule is Cc1ccc(NC(=O)c2cc(C(F)(F)F)ccn2)cc1-c1cc(OC[C@@H](O)CO)nc(N2CCOCC2)c1.Cc1ccc(NC(=O)c2cc(C(F)(F)F)ccn2)cc1-c1cc(OC[C@@H](O)COP(=O)(O)O)nc(N2CCOCC2)c1.Cc1ccc(NC(=O)c2cc(C(F)(F)F)ccn2)cc1-c1cc(OC[C@@H](O)COP(=O)(OC(C)(C)C)OC(C)(C)C)nc(N2CCOCC2)c1. The summed E-state index contributed by atoms with van der Waals surface area (Å²) >= 11 is 0. The topological polar surface area (TPSA) is 422 Å². The maximum absolute atomic E-state index is 13.4. The predicted molar refractivity (Wildman–Crippen MR) is 459 cm³/mol. The molecule has 130 heavy (non-hydrogen) atoms. The minimum absolute atomic E-state index is 0.103. The molecule has 9 N–H and O–H groups in total. The number of pyridine rings is 6. The fraction of sp³-hybridized carbons (Fsp3) is 0.407. The number of carbonyl (C=O) groups excluding carboxylic acids is 3. The number of aromatic nitrogens is 6. The van der Waals surface area contributed by atoms with Crippen molar-refractivity contribution in [2.24, 2.45) is 0 Å². The summed E-state index contributed by atoms with van der Waals surface area (Å²) in [5.41, 5.74) is 1.73. The molecule has 0 saturated carbocycles. The summed E-state index contributed by atoms with van der Waals surface area (Å²) in [5.74, 6) is -0.160. The molecule has 0 radical (unpaired) electrons. The van der Waals surface area contributed by atoms with Crippen molar-refractivity contribution in [1.82, 2.24) is 29.9 Å². The molecule has 0 spiro atoms. The van der Waals surface area contributed by atoms with E-state index in [1.54, 1.807) is 120 Å². The van der Waals surface area contributed by atoms with Crippen molar-refractivity contribution in [3.8, 4) is 51.0 Å². The van der Waals surface area contributed by atoms with Gasteiger partial charge >= 0.3 is 34.2 Å². The Balaban J connectivity index is 0.000000205. The average molecular weight is 1870 g/mol. The highest BCUT2D eigenvalue weighted by atomic mass is 31.2. The molecule has 6 aromatic heterocycles. The van der Waals surface area contributed by atoms with Crippen LogP contribution >= 0.6 is 15.6 Å². The van der Waals surface area contributed by atoms with E-state index in [9.17, 15) is 78.3 Å². The van der Waals surface area contributed by atoms with Crippen molar-refractivity contribution in [2.45, 2.75) is 110 Å². The fourth-order valence-corrected chi connectivity index (χ4v) is 14.8. The lowest BCUT2D eigenvalue weighted by Gasteiger charge is -2.31. The lowest BCUT2D eigenvalue weighted by atomic mass is 10.00. The van der Waals surface area contributed by atoms with Crippen molar-refractivity contribution in [3.05, 3.63) is 196 Å². The fourth-order valence-electron chi connectivity index (χ4n) is 12.6. The molecule has 44 heteroatoms. The normalized spacial score (nSPS) is 14.9. The van der Waals surface area contributed by atoms with Crippen molar-refractivity contribution >= 4 is 67.9 Å². The number of rotatable bonds is 30. The first-order valence-corrected chi connectivity index (χ1v) is 43.4. The van der Waals surface area contributed by atoms with E-state index in [1.807, 2.05) is 47.6 Å². The van der Waals surface area contributed by atoms with Crippen molar-refractivity contribution < 1.29 is 140 Å². The minimum atomic E-state index is -4.77. The molecule has 0 unspecified atom stereocenters. The molecule has 3 aliphatic heterocycles. The number of amides is 3. The first kappa shape index (κ1) is 101. The Hall–Kier alpha value is -10.9. The van der Waals surface area contributed by atoms with Gasteiger partial charge in [0.2, 0.25) is 17.6 Å². The molecule has 3 aliphatic rings. The minimum Gasteiger partial charge on any atom is -0.475 e. The maximum Gasteiger partial charge on any atom is 0.475 e. The molecule has 33 nitrogen and oxygen atoms in total. The summed E-state index contributed by atoms with van der Waals surface area (Å²) in [6, 6.07) is 30.0. The third-order valence-electron chi connectivity index (χ3n) is 18.9. The predicted octanol–water partition coefficient (Wildman–Crippen LogP) is 13.8. The van der Waals surface area contributed by atoms with Crippen LogP contribution in [0.25, 0.3) is 33.4 Å². The molecule has 9 heterocycles. The highest BCUT2D eigenvalue weighted by molar-refractivity contribution is 7.48. The lowest BCUT2D eigenvalue weighted by Crippen LogP contribution is -2.36. The smallest absolute Gasteiger partial charge is 0.475 e. The van der Waals surface area contributed by atoms with Gasteiger partial charge in [-0.2, -0.15) is 54.5 Å². The maximum atomic E-state index is 13.4. The quantitative estimate of drug-likeness (QED) is 0.0149. The standard InChI is InChI=1S/C34H44F3N4O8P.C26H28F3N4O8P.C26H27F3N4O5/c1-22-8-9-25(39-31(43)28-18-24(10-11-38-28)34(35,36)37)19-27(22)23-16-29(41-12-14-45-15-13-41)40-30(17-23)46-20-26(42)21-47-50(44,48-32(2,3)4)49-33(5,6)7;1-16-2-3-19(31-25(35)22-12-18(4-5-30-22)26(27,28)29)13-21(16)17-10-23(33-6-8-39-9-7-33)32-24(11-17)40-14-20(34)15-41-42(36,37)38;1-16-2-3-19(31-25(36)22-12-18(4-5-30-22)26(27,28)29)13-21(16)17-10-23(33-6-8-37-9-7-33)32-24(11-17)38-15-20(35)14-34/h8-11,16-19,26,42H,12-15,20-21H2,1-7H3,(H,39,43);2-5,10-13,20,34H,6-9,14-15H2,1H3,(H,31,35)(H2,36,37,38);2-5,10-13,20,34-35H,6-9,14-15H2,1H3,(H,31,36)/t26-;2*20-/m110/s1. The number of carbonyl (C=O) groups is 3. The molecule has 3 fully saturated rings. The summed E-state index contributed by atoms with van der Waals surface area (Å²) in [7, 11) is -8.84. The van der Waals surface area contributed by atoms with Gasteiger partial charge in [-0.3, -0.25) is 47.4 Å². The number of aliphatic hydroxyl groups excluding tert-OH is 4. The monoisotopic (exact) mass is 1870 g/mol. The Morgan fingerprint density at radius 2 is 0.700 bits per heavy atom. The molecule has 3 saturated heterocycles. The van der Waals surface area contributed by atoms with E-state index in [-0.39, 0.29) is 48.8 Å². The number of nitrogens with one attached hydrogen (secondary N) is 3. The van der Waals surface area contributed by atoms with E-state index < -0.39 is 124 Å². The number of halogens is 9. The number of ether oxygens (including phenoxy) is 6. The molecule has 702 valence electrons. The summed E-state index contributed by atoms with van der Waals surface area (Å²) in [5, 5.41) is 47.4. The molecule has 0 aliphatic carbocycles. The van der Waals surface area contributed by atoms with Gasteiger partial charge in [-0.05, 0) is 203 Å². The Kier molecular flexibility index (Phi) is 34.5. The Morgan fingerprint density at radius 3 is 0.969 bits per heavy atom. The van der Waals surface area contributed by atoms with Gasteiger partial charge in [0, 0.05) is 93.1 Å². The second-order valence-electron chi connectivity index (χ2n) is 31.7. The van der Waals surface area contributed by atoms with Crippen molar-refractivity contribution in [3.63, 3.8) is 0 Å². The van der Waals surface area contributed by atoms with Crippen LogP contribution in [-0.2, 0) is 60.0 Å². The van der Waals surface area contributed by atoms with E-state index in [2.05, 4.69) is 50.4 Å². The number of aliphatic hydroxyl groups is 4. The van der Waals surface area contributed by atoms with Gasteiger partial charge in [0.25, 0.3) is 17.7 Å². The van der Waals surface area contributed by atoms with E-state index in [1.165, 1.54) is 0 Å². The summed E-state index contributed by atoms with van der Waals surface area (Å²) in [4.78, 5) is 87.0. The number of benzene rings is 3. The van der Waals surface area contributed by atoms with Gasteiger partial charge in [-0.15, -0.1) is 0 Å². The number of alkyl halides is 9. The number of nitrogens with zero attached hydrogens (tertiary/aromatic N) is 9. The van der Waals surface area contributed by atoms with Crippen LogP contribution < -0.4 is 44.9 Å². The second-order valence-corrected chi connectivity index (χ2v) is 34.5. The largest absolute Gasteiger partial charge is 0.475 e. The molecule has 9 aromatic rings. The van der Waals surface area contributed by atoms with Crippen LogP contribution in [0.5, 0.6) is 17.6 Å². The zero-order valence-corrected chi connectivity index (χ0v) is 73.7. The molecule has 3 atom stereocenters. The third kappa shape index (κ3) is 31.1. The molecular formula is C86H99F9N12O21P2. The zero-order valence-electron chi connectivity index (χ0n) is 71.9. The van der Waals surface area contributed by atoms with Crippen molar-refractivity contribution in [1.29, 1.82) is 0 Å². The molecule has 3 amide bonds. The van der Waals surface area contributed by atoms with E-state index in [0.29, 0.717) is 159 Å². The van der Waals surface area contributed by atoms with Crippen LogP contribution in [0.3, 0.4) is 0 Å². The first-order chi connectivity index (χ1) is 61.1. The average Bonchev–Trinajstić information content (AvgIpc) is 0.799. The molecule has 0 bridgehead atoms. The number of morpholine rings is 3. The van der Waals surface area contributed by atoms with E-state index in [0.717, 1.165) is 59.0 Å². The number of hydrogen-bond donors (Lipinski definition) is 9. The molecule has 12 rings (SSSR count). The van der Waals surface area contributed by atoms with Crippen LogP contribution in [0.2, 0.25) is 0 Å². The van der Waals surface area contributed by atoms with E-state index >= 15 is 0 Å². The number of aryl methyl sites for hydroxylation is 3. The van der Waals surface area contributed by atoms with Crippen LogP contribution in [-0.4, -0.2) is 226 Å². The van der Waals surface area contributed by atoms with Gasteiger partial charge in [0.15, 0.2) is 0 Å². The van der Waals surface area contributed by atoms with Gasteiger partial charge in [-0.1, -0.05) is 18.2 Å². The summed E-state index contributed by atoms with van der Waals surface area (Å²) < 4.78 is 197. The number of hydrogen-bond acceptors (Lipinski definition) is 28. The number of phosphoric ester groups is 2. The van der Waals surface area contributed by atoms with Gasteiger partial charge in [-0.25, -0.2) is 9.13 Å². The van der Waals surface area contributed by atoms with Gasteiger partial charge in [0.1, 0.15) is 72.7 Å². The Bertz CT molecular complexity index is 5460. The summed E-state index contributed by atoms with van der Waals surface area (Å²) in [6.45, 7) is 20.0. The molecule has 3 aromatic carbocycles. The summed E-state index contributed by atoms with van der Waals surface area (Å²) in [6.07, 6.45) is -14.7. The van der Waals surface area contributed by atoms with Gasteiger partial charge < -0.3 is 89.3 Å². The van der Waals surface area contributed by atoms with Gasteiger partial charge in [0.05, 0.1) is 87.4 Å². The molecular weight excluding hydrogens is 1770 g/mol. The zero-order chi connectivity index (χ0) is 94.7. The van der Waals surface area contributed by atoms with Crippen LogP contribution in [0.15, 0.2) is 146 Å². The Morgan fingerprint density at radius 1 is 0.415 bits per heavy atom. The first-order valence-electron chi connectivity index (χ1n) is 40.4. The Labute approximate surface area is 741 Å². The highest BCUT2D eigenvalue weighted by Gasteiger charge is 2.39.